The molecule has 2 N–H and O–H groups in total. The fraction of sp³-hybridized carbons (Fsp3) is 0.857. The smallest absolute Gasteiger partial charge is 0.308 e. The maximum atomic E-state index is 10.6. The number of rotatable bonds is 7. The lowest BCUT2D eigenvalue weighted by Crippen LogP contribution is -2.12. The number of aliphatic hydroxyl groups excluding tert-OH is 2. The highest BCUT2D eigenvalue weighted by Gasteiger charge is 1.99. The van der Waals surface area contributed by atoms with E-state index in [1.807, 2.05) is 0 Å². The van der Waals surface area contributed by atoms with E-state index < -0.39 is 5.97 Å². The number of carbonyl (C=O) groups excluding carboxylic acids is 1. The second-order valence-electron chi connectivity index (χ2n) is 2.03. The summed E-state index contributed by atoms with van der Waals surface area (Å²) in [6.45, 7) is 0.453. The first-order valence-electron chi connectivity index (χ1n) is 3.76. The van der Waals surface area contributed by atoms with Crippen molar-refractivity contribution in [1.29, 1.82) is 0 Å². The molecule has 0 aliphatic heterocycles. The van der Waals surface area contributed by atoms with Crippen molar-refractivity contribution in [3.63, 3.8) is 0 Å². The molecule has 0 aliphatic carbocycles. The number of hydrogen-bond acceptors (Lipinski definition) is 5. The fourth-order valence-corrected chi connectivity index (χ4v) is 0.544. The molecule has 0 aliphatic rings. The summed E-state index contributed by atoms with van der Waals surface area (Å²) in [6.07, 6.45) is 0.0139. The lowest BCUT2D eigenvalue weighted by Gasteiger charge is -2.03. The zero-order chi connectivity index (χ0) is 9.23. The average molecular weight is 178 g/mol. The van der Waals surface area contributed by atoms with Crippen LogP contribution < -0.4 is 0 Å². The number of esters is 1. The molecule has 0 rings (SSSR count). The monoisotopic (exact) mass is 178 g/mol. The Balaban J connectivity index is 3.03. The highest BCUT2D eigenvalue weighted by molar-refractivity contribution is 5.69. The van der Waals surface area contributed by atoms with Crippen molar-refractivity contribution in [1.82, 2.24) is 0 Å². The molecule has 5 heteroatoms. The van der Waals surface area contributed by atoms with Crippen molar-refractivity contribution < 1.29 is 24.5 Å². The first kappa shape index (κ1) is 11.4. The number of aliphatic hydroxyl groups is 2. The molecule has 5 nitrogen and oxygen atoms in total. The van der Waals surface area contributed by atoms with Gasteiger partial charge in [-0.25, -0.2) is 0 Å². The molecule has 0 unspecified atom stereocenters. The number of ether oxygens (including phenoxy) is 2. The Morgan fingerprint density at radius 1 is 1.08 bits per heavy atom. The third kappa shape index (κ3) is 7.46. The van der Waals surface area contributed by atoms with E-state index in [2.05, 4.69) is 4.74 Å². The van der Waals surface area contributed by atoms with Crippen molar-refractivity contribution in [3.8, 4) is 0 Å². The maximum Gasteiger partial charge on any atom is 0.308 e. The van der Waals surface area contributed by atoms with E-state index in [1.54, 1.807) is 0 Å². The van der Waals surface area contributed by atoms with Crippen LogP contribution in [0.2, 0.25) is 0 Å². The lowest BCUT2D eigenvalue weighted by molar-refractivity contribution is -0.146. The van der Waals surface area contributed by atoms with Crippen LogP contribution in [0.25, 0.3) is 0 Å². The molecule has 0 heterocycles. The van der Waals surface area contributed by atoms with Gasteiger partial charge in [0.25, 0.3) is 0 Å². The Morgan fingerprint density at radius 3 is 2.42 bits per heavy atom. The van der Waals surface area contributed by atoms with Gasteiger partial charge in [-0.1, -0.05) is 0 Å². The molecule has 0 saturated heterocycles. The summed E-state index contributed by atoms with van der Waals surface area (Å²) in [5.41, 5.74) is 0. The van der Waals surface area contributed by atoms with E-state index in [9.17, 15) is 4.79 Å². The SMILES string of the molecule is O=C(CCO)OCCOCCO. The third-order valence-corrected chi connectivity index (χ3v) is 1.04. The third-order valence-electron chi connectivity index (χ3n) is 1.04. The highest BCUT2D eigenvalue weighted by atomic mass is 16.6. The zero-order valence-electron chi connectivity index (χ0n) is 6.86. The van der Waals surface area contributed by atoms with Crippen molar-refractivity contribution >= 4 is 5.97 Å². The Hall–Kier alpha value is -0.650. The van der Waals surface area contributed by atoms with Crippen LogP contribution in [0.1, 0.15) is 6.42 Å². The van der Waals surface area contributed by atoms with Gasteiger partial charge in [-0.3, -0.25) is 4.79 Å². The van der Waals surface area contributed by atoms with Gasteiger partial charge in [-0.2, -0.15) is 0 Å². The Kier molecular flexibility index (Phi) is 7.99. The van der Waals surface area contributed by atoms with Gasteiger partial charge in [0.1, 0.15) is 6.61 Å². The van der Waals surface area contributed by atoms with Crippen LogP contribution in [0.4, 0.5) is 0 Å². The quantitative estimate of drug-likeness (QED) is 0.383. The molecule has 0 atom stereocenters. The van der Waals surface area contributed by atoms with E-state index in [0.29, 0.717) is 0 Å². The molecule has 0 aromatic heterocycles. The van der Waals surface area contributed by atoms with Crippen molar-refractivity contribution in [2.45, 2.75) is 6.42 Å². The van der Waals surface area contributed by atoms with Gasteiger partial charge in [0.2, 0.25) is 0 Å². The topological polar surface area (TPSA) is 76.0 Å². The minimum absolute atomic E-state index is 0.0139. The zero-order valence-corrected chi connectivity index (χ0v) is 6.86. The largest absolute Gasteiger partial charge is 0.463 e. The van der Waals surface area contributed by atoms with Crippen LogP contribution in [0, 0.1) is 0 Å². The van der Waals surface area contributed by atoms with Crippen LogP contribution in [0.15, 0.2) is 0 Å². The van der Waals surface area contributed by atoms with Gasteiger partial charge in [0.15, 0.2) is 0 Å². The molecular formula is C7H14O5. The van der Waals surface area contributed by atoms with Gasteiger partial charge in [-0.15, -0.1) is 0 Å². The van der Waals surface area contributed by atoms with Crippen LogP contribution >= 0.6 is 0 Å². The van der Waals surface area contributed by atoms with Gasteiger partial charge in [0.05, 0.1) is 32.8 Å². The summed E-state index contributed by atoms with van der Waals surface area (Å²) in [6, 6.07) is 0. The van der Waals surface area contributed by atoms with E-state index in [1.165, 1.54) is 0 Å². The van der Waals surface area contributed by atoms with Gasteiger partial charge in [-0.05, 0) is 0 Å². The summed E-state index contributed by atoms with van der Waals surface area (Å²) in [5.74, 6) is -0.440. The molecule has 0 aromatic rings. The fourth-order valence-electron chi connectivity index (χ4n) is 0.544. The van der Waals surface area contributed by atoms with Crippen molar-refractivity contribution in [3.05, 3.63) is 0 Å². The van der Waals surface area contributed by atoms with Crippen molar-refractivity contribution in [2.24, 2.45) is 0 Å². The molecule has 12 heavy (non-hydrogen) atoms. The van der Waals surface area contributed by atoms with Gasteiger partial charge >= 0.3 is 5.97 Å². The van der Waals surface area contributed by atoms with Crippen LogP contribution in [0.3, 0.4) is 0 Å². The summed E-state index contributed by atoms with van der Waals surface area (Å²) >= 11 is 0. The average Bonchev–Trinajstić information content (AvgIpc) is 2.05. The molecular weight excluding hydrogens is 164 g/mol. The second kappa shape index (κ2) is 8.45. The first-order valence-corrected chi connectivity index (χ1v) is 3.76. The highest BCUT2D eigenvalue weighted by Crippen LogP contribution is 1.85. The van der Waals surface area contributed by atoms with E-state index in [0.717, 1.165) is 0 Å². The predicted molar refractivity (Wildman–Crippen MR) is 40.6 cm³/mol. The number of carbonyl (C=O) groups is 1. The maximum absolute atomic E-state index is 10.6. The molecule has 0 bridgehead atoms. The van der Waals surface area contributed by atoms with Crippen LogP contribution in [-0.4, -0.2) is 49.2 Å². The van der Waals surface area contributed by atoms with Gasteiger partial charge in [0, 0.05) is 0 Å². The van der Waals surface area contributed by atoms with Gasteiger partial charge < -0.3 is 19.7 Å². The molecule has 0 aromatic carbocycles. The molecule has 0 radical (unpaired) electrons. The van der Waals surface area contributed by atoms with E-state index in [4.69, 9.17) is 14.9 Å². The van der Waals surface area contributed by atoms with Crippen LogP contribution in [0.5, 0.6) is 0 Å². The summed E-state index contributed by atoms with van der Waals surface area (Å²) in [7, 11) is 0. The predicted octanol–water partition coefficient (Wildman–Crippen LogP) is -1.08. The molecule has 72 valence electrons. The summed E-state index contributed by atoms with van der Waals surface area (Å²) in [4.78, 5) is 10.6. The van der Waals surface area contributed by atoms with E-state index >= 15 is 0 Å². The van der Waals surface area contributed by atoms with Crippen LogP contribution in [-0.2, 0) is 14.3 Å². The Bertz CT molecular complexity index is 114. The molecule has 0 fully saturated rings. The Labute approximate surface area is 70.9 Å². The lowest BCUT2D eigenvalue weighted by atomic mass is 10.5. The molecule has 0 spiro atoms. The minimum atomic E-state index is -0.440. The standard InChI is InChI=1S/C7H14O5/c8-2-1-7(10)12-6-5-11-4-3-9/h8-9H,1-6H2. The van der Waals surface area contributed by atoms with Crippen molar-refractivity contribution in [2.75, 3.05) is 33.0 Å². The number of hydrogen-bond donors (Lipinski definition) is 2. The first-order chi connectivity index (χ1) is 5.81. The van der Waals surface area contributed by atoms with E-state index in [-0.39, 0.29) is 39.5 Å². The normalized spacial score (nSPS) is 9.83. The summed E-state index contributed by atoms with van der Waals surface area (Å²) < 4.78 is 9.45. The molecule has 0 amide bonds. The Morgan fingerprint density at radius 2 is 1.83 bits per heavy atom. The summed E-state index contributed by atoms with van der Waals surface area (Å²) in [5, 5.41) is 16.6. The molecule has 0 saturated carbocycles. The minimum Gasteiger partial charge on any atom is -0.463 e. The second-order valence-corrected chi connectivity index (χ2v) is 2.03.